The summed E-state index contributed by atoms with van der Waals surface area (Å²) in [5.41, 5.74) is 0.0655. The highest BCUT2D eigenvalue weighted by atomic mass is 16.5. The maximum Gasteiger partial charge on any atom is 0.279 e. The predicted octanol–water partition coefficient (Wildman–Crippen LogP) is 1.51. The van der Waals surface area contributed by atoms with Crippen LogP contribution in [0.25, 0.3) is 11.2 Å². The van der Waals surface area contributed by atoms with Gasteiger partial charge in [-0.3, -0.25) is 9.36 Å². The molecule has 0 radical (unpaired) electrons. The summed E-state index contributed by atoms with van der Waals surface area (Å²) in [6.07, 6.45) is 1.91. The summed E-state index contributed by atoms with van der Waals surface area (Å²) in [6, 6.07) is 0. The lowest BCUT2D eigenvalue weighted by Gasteiger charge is -2.30. The number of aryl methyl sites for hydroxylation is 1. The largest absolute Gasteiger partial charge is 0.388 e. The number of nitrogens with zero attached hydrogens (tertiary/aromatic N) is 3. The molecule has 0 amide bonds. The molecule has 7 heteroatoms. The van der Waals surface area contributed by atoms with Gasteiger partial charge in [0.05, 0.1) is 11.9 Å². The van der Waals surface area contributed by atoms with E-state index in [4.69, 9.17) is 4.74 Å². The highest BCUT2D eigenvalue weighted by Gasteiger charge is 2.51. The molecule has 3 atom stereocenters. The van der Waals surface area contributed by atoms with Gasteiger partial charge < -0.3 is 14.8 Å². The molecule has 1 aliphatic heterocycles. The third-order valence-corrected chi connectivity index (χ3v) is 5.01. The second-order valence-corrected chi connectivity index (χ2v) is 6.03. The molecule has 2 N–H and O–H groups in total. The minimum atomic E-state index is -0.668. The molecule has 3 rings (SSSR count). The van der Waals surface area contributed by atoms with E-state index in [-0.39, 0.29) is 22.6 Å². The van der Waals surface area contributed by atoms with Crippen LogP contribution in [-0.4, -0.2) is 36.3 Å². The topological polar surface area (TPSA) is 93.0 Å². The smallest absolute Gasteiger partial charge is 0.279 e. The van der Waals surface area contributed by atoms with E-state index in [9.17, 15) is 9.90 Å². The number of hydrogen-bond donors (Lipinski definition) is 2. The van der Waals surface area contributed by atoms with Crippen molar-refractivity contribution in [1.82, 2.24) is 19.5 Å². The number of nitrogens with one attached hydrogen (secondary N) is 1. The Morgan fingerprint density at radius 1 is 1.45 bits per heavy atom. The van der Waals surface area contributed by atoms with Crippen LogP contribution in [-0.2, 0) is 4.74 Å². The molecule has 1 saturated heterocycles. The van der Waals surface area contributed by atoms with Crippen molar-refractivity contribution in [1.29, 1.82) is 0 Å². The monoisotopic (exact) mass is 306 g/mol. The highest BCUT2D eigenvalue weighted by Crippen LogP contribution is 2.45. The molecule has 0 unspecified atom stereocenters. The van der Waals surface area contributed by atoms with E-state index < -0.39 is 12.3 Å². The summed E-state index contributed by atoms with van der Waals surface area (Å²) in [6.45, 7) is 7.85. The zero-order chi connectivity index (χ0) is 16.1. The van der Waals surface area contributed by atoms with E-state index >= 15 is 0 Å². The molecule has 3 heterocycles. The summed E-state index contributed by atoms with van der Waals surface area (Å²) >= 11 is 0. The van der Waals surface area contributed by atoms with Gasteiger partial charge in [-0.15, -0.1) is 0 Å². The first-order chi connectivity index (χ1) is 10.4. The lowest BCUT2D eigenvalue weighted by Crippen LogP contribution is -2.35. The summed E-state index contributed by atoms with van der Waals surface area (Å²) in [7, 11) is 0. The summed E-state index contributed by atoms with van der Waals surface area (Å²) in [4.78, 5) is 23.1. The molecule has 0 bridgehead atoms. The lowest BCUT2D eigenvalue weighted by molar-refractivity contribution is -0.0948. The Kier molecular flexibility index (Phi) is 3.57. The van der Waals surface area contributed by atoms with Crippen LogP contribution >= 0.6 is 0 Å². The number of rotatable bonds is 3. The van der Waals surface area contributed by atoms with E-state index in [1.54, 1.807) is 11.5 Å². The van der Waals surface area contributed by atoms with Gasteiger partial charge in [0.2, 0.25) is 0 Å². The predicted molar refractivity (Wildman–Crippen MR) is 81.5 cm³/mol. The number of imidazole rings is 1. The molecule has 7 nitrogen and oxygen atoms in total. The fraction of sp³-hybridized carbons (Fsp3) is 0.667. The van der Waals surface area contributed by atoms with Gasteiger partial charge in [0.25, 0.3) is 5.56 Å². The van der Waals surface area contributed by atoms with Crippen LogP contribution in [0, 0.1) is 12.8 Å². The maximum absolute atomic E-state index is 11.9. The Morgan fingerprint density at radius 3 is 2.73 bits per heavy atom. The van der Waals surface area contributed by atoms with Crippen LogP contribution in [0.2, 0.25) is 0 Å². The van der Waals surface area contributed by atoms with Gasteiger partial charge in [0.15, 0.2) is 17.4 Å². The first-order valence-electron chi connectivity index (χ1n) is 7.73. The molecule has 2 aromatic heterocycles. The zero-order valence-corrected chi connectivity index (χ0v) is 13.3. The van der Waals surface area contributed by atoms with E-state index in [0.29, 0.717) is 11.5 Å². The average Bonchev–Trinajstić information content (AvgIpc) is 3.01. The molecular formula is C15H22N4O3. The summed E-state index contributed by atoms with van der Waals surface area (Å²) in [5.74, 6) is 0.505. The van der Waals surface area contributed by atoms with E-state index in [1.807, 2.05) is 6.92 Å². The first-order valence-corrected chi connectivity index (χ1v) is 7.73. The fourth-order valence-electron chi connectivity index (χ4n) is 3.48. The van der Waals surface area contributed by atoms with Crippen molar-refractivity contribution >= 4 is 11.2 Å². The first kappa shape index (κ1) is 15.2. The van der Waals surface area contributed by atoms with Crippen LogP contribution < -0.4 is 5.56 Å². The second kappa shape index (κ2) is 5.17. The highest BCUT2D eigenvalue weighted by molar-refractivity contribution is 5.69. The van der Waals surface area contributed by atoms with Crippen molar-refractivity contribution in [2.24, 2.45) is 5.92 Å². The van der Waals surface area contributed by atoms with Gasteiger partial charge in [-0.2, -0.15) is 0 Å². The number of aliphatic hydroxyl groups is 1. The molecule has 0 aromatic carbocycles. The minimum absolute atomic E-state index is 0.00644. The zero-order valence-electron chi connectivity index (χ0n) is 13.3. The molecule has 0 aliphatic carbocycles. The van der Waals surface area contributed by atoms with E-state index in [1.165, 1.54) is 6.33 Å². The van der Waals surface area contributed by atoms with Crippen molar-refractivity contribution < 1.29 is 9.84 Å². The minimum Gasteiger partial charge on any atom is -0.388 e. The Morgan fingerprint density at radius 2 is 2.14 bits per heavy atom. The maximum atomic E-state index is 11.9. The van der Waals surface area contributed by atoms with Crippen LogP contribution in [0.5, 0.6) is 0 Å². The van der Waals surface area contributed by atoms with Gasteiger partial charge in [0.1, 0.15) is 11.9 Å². The number of H-pyrrole nitrogens is 1. The molecule has 1 aliphatic rings. The normalized spacial score (nSPS) is 27.6. The molecule has 0 spiro atoms. The second-order valence-electron chi connectivity index (χ2n) is 6.03. The van der Waals surface area contributed by atoms with Crippen molar-refractivity contribution in [3.05, 3.63) is 22.5 Å². The Labute approximate surface area is 128 Å². The van der Waals surface area contributed by atoms with E-state index in [2.05, 4.69) is 28.8 Å². The lowest BCUT2D eigenvalue weighted by atomic mass is 9.83. The third-order valence-electron chi connectivity index (χ3n) is 5.01. The van der Waals surface area contributed by atoms with Gasteiger partial charge in [-0.25, -0.2) is 9.97 Å². The quantitative estimate of drug-likeness (QED) is 0.896. The Hall–Kier alpha value is -1.73. The Bertz CT molecular complexity index is 747. The number of aliphatic hydroxyl groups excluding tert-OH is 1. The molecule has 2 aromatic rings. The fourth-order valence-corrected chi connectivity index (χ4v) is 3.48. The molecule has 1 fully saturated rings. The number of aromatic amines is 1. The molecule has 22 heavy (non-hydrogen) atoms. The van der Waals surface area contributed by atoms with Gasteiger partial charge in [-0.05, 0) is 19.8 Å². The number of aromatic nitrogens is 4. The van der Waals surface area contributed by atoms with Crippen LogP contribution in [0.3, 0.4) is 0 Å². The van der Waals surface area contributed by atoms with Gasteiger partial charge in [0, 0.05) is 5.92 Å². The van der Waals surface area contributed by atoms with Crippen LogP contribution in [0.15, 0.2) is 11.1 Å². The molecule has 0 saturated carbocycles. The number of ether oxygens (including phenoxy) is 1. The summed E-state index contributed by atoms with van der Waals surface area (Å²) in [5, 5.41) is 10.6. The number of hydrogen-bond acceptors (Lipinski definition) is 5. The van der Waals surface area contributed by atoms with Crippen molar-refractivity contribution in [3.8, 4) is 0 Å². The van der Waals surface area contributed by atoms with Gasteiger partial charge in [-0.1, -0.05) is 20.8 Å². The average molecular weight is 306 g/mol. The van der Waals surface area contributed by atoms with Gasteiger partial charge >= 0.3 is 0 Å². The van der Waals surface area contributed by atoms with E-state index in [0.717, 1.165) is 12.8 Å². The van der Waals surface area contributed by atoms with Crippen LogP contribution in [0.4, 0.5) is 0 Å². The summed E-state index contributed by atoms with van der Waals surface area (Å²) < 4.78 is 7.90. The van der Waals surface area contributed by atoms with Crippen LogP contribution in [0.1, 0.15) is 45.7 Å². The van der Waals surface area contributed by atoms with Crippen molar-refractivity contribution in [2.75, 3.05) is 0 Å². The third kappa shape index (κ3) is 1.99. The molecular weight excluding hydrogens is 284 g/mol. The standard InChI is InChI=1S/C15H22N4O3/c1-5-15(6-2)8(3)11(20)14(22-15)19-7-16-10-12(19)17-9(4)18-13(10)21/h7-8,11,14,20H,5-6H2,1-4H3,(H,17,18,21)/t8-,11-,14+/m0/s1. The van der Waals surface area contributed by atoms with Crippen molar-refractivity contribution in [3.63, 3.8) is 0 Å². The molecule has 120 valence electrons. The number of fused-ring (bicyclic) bond motifs is 1. The van der Waals surface area contributed by atoms with Crippen molar-refractivity contribution in [2.45, 2.75) is 58.5 Å². The SMILES string of the molecule is CCC1(CC)O[C@@H](n2cnc3c(=O)[nH]c(C)nc32)[C@@H](O)[C@@H]1C. The Balaban J connectivity index is 2.11.